The van der Waals surface area contributed by atoms with Crippen molar-refractivity contribution in [2.45, 2.75) is 11.8 Å². The first-order chi connectivity index (χ1) is 14.5. The van der Waals surface area contributed by atoms with Crippen molar-refractivity contribution in [1.82, 2.24) is 19.5 Å². The van der Waals surface area contributed by atoms with E-state index in [2.05, 4.69) is 15.2 Å². The number of hydrogen-bond donors (Lipinski definition) is 0. The van der Waals surface area contributed by atoms with Crippen LogP contribution in [0.2, 0.25) is 0 Å². The molecule has 8 nitrogen and oxygen atoms in total. The van der Waals surface area contributed by atoms with Gasteiger partial charge in [0.1, 0.15) is 10.6 Å². The number of methoxy groups -OCH3 is 1. The van der Waals surface area contributed by atoms with Crippen molar-refractivity contribution in [2.75, 3.05) is 38.2 Å². The maximum Gasteiger partial charge on any atom is 0.246 e. The normalized spacial score (nSPS) is 15.2. The summed E-state index contributed by atoms with van der Waals surface area (Å²) in [6.45, 7) is 3.67. The van der Waals surface area contributed by atoms with Crippen LogP contribution >= 0.6 is 0 Å². The summed E-state index contributed by atoms with van der Waals surface area (Å²) in [5, 5.41) is 8.62. The van der Waals surface area contributed by atoms with Gasteiger partial charge in [-0.15, -0.1) is 10.2 Å². The minimum Gasteiger partial charge on any atom is -0.495 e. The van der Waals surface area contributed by atoms with Crippen LogP contribution in [0, 0.1) is 6.92 Å². The quantitative estimate of drug-likeness (QED) is 0.620. The van der Waals surface area contributed by atoms with E-state index in [1.165, 1.54) is 11.4 Å². The van der Waals surface area contributed by atoms with Gasteiger partial charge in [0.05, 0.1) is 12.8 Å². The third-order valence-electron chi connectivity index (χ3n) is 5.11. The molecule has 3 heterocycles. The molecule has 4 rings (SSSR count). The number of piperazine rings is 1. The highest BCUT2D eigenvalue weighted by Gasteiger charge is 2.31. The first-order valence-corrected chi connectivity index (χ1v) is 11.1. The molecule has 0 radical (unpaired) electrons. The number of rotatable bonds is 5. The second kappa shape index (κ2) is 8.37. The molecule has 0 aliphatic carbocycles. The van der Waals surface area contributed by atoms with Crippen molar-refractivity contribution < 1.29 is 13.2 Å². The Balaban J connectivity index is 1.47. The van der Waals surface area contributed by atoms with Crippen LogP contribution < -0.4 is 9.64 Å². The molecule has 30 heavy (non-hydrogen) atoms. The lowest BCUT2D eigenvalue weighted by Crippen LogP contribution is -2.49. The number of ether oxygens (including phenoxy) is 1. The summed E-state index contributed by atoms with van der Waals surface area (Å²) in [5.41, 5.74) is 2.52. The van der Waals surface area contributed by atoms with Gasteiger partial charge >= 0.3 is 0 Å². The highest BCUT2D eigenvalue weighted by molar-refractivity contribution is 7.89. The molecular weight excluding hydrogens is 402 g/mol. The van der Waals surface area contributed by atoms with E-state index in [4.69, 9.17) is 4.74 Å². The molecule has 0 saturated carbocycles. The molecule has 1 aliphatic heterocycles. The fraction of sp³-hybridized carbons (Fsp3) is 0.286. The van der Waals surface area contributed by atoms with Crippen molar-refractivity contribution in [3.05, 3.63) is 60.4 Å². The van der Waals surface area contributed by atoms with E-state index in [1.54, 1.807) is 24.5 Å². The zero-order valence-corrected chi connectivity index (χ0v) is 17.7. The van der Waals surface area contributed by atoms with Crippen LogP contribution in [-0.2, 0) is 10.0 Å². The van der Waals surface area contributed by atoms with Gasteiger partial charge < -0.3 is 9.64 Å². The van der Waals surface area contributed by atoms with E-state index < -0.39 is 10.0 Å². The number of sulfonamides is 1. The van der Waals surface area contributed by atoms with Gasteiger partial charge in [0.15, 0.2) is 5.82 Å². The van der Waals surface area contributed by atoms with Crippen molar-refractivity contribution in [2.24, 2.45) is 0 Å². The van der Waals surface area contributed by atoms with Gasteiger partial charge in [0.25, 0.3) is 0 Å². The Morgan fingerprint density at radius 3 is 2.43 bits per heavy atom. The van der Waals surface area contributed by atoms with Gasteiger partial charge in [-0.25, -0.2) is 8.42 Å². The summed E-state index contributed by atoms with van der Waals surface area (Å²) in [7, 11) is -2.16. The van der Waals surface area contributed by atoms with E-state index in [0.29, 0.717) is 31.9 Å². The topological polar surface area (TPSA) is 88.5 Å². The zero-order valence-electron chi connectivity index (χ0n) is 16.9. The SMILES string of the molecule is COc1ccc(C)cc1S(=O)(=O)N1CCN(c2ccc(-c3cccnc3)nn2)CC1. The minimum absolute atomic E-state index is 0.207. The Bertz CT molecular complexity index is 1110. The second-order valence-electron chi connectivity index (χ2n) is 7.06. The second-order valence-corrected chi connectivity index (χ2v) is 8.97. The molecule has 1 fully saturated rings. The molecular formula is C21H23N5O3S. The highest BCUT2D eigenvalue weighted by Crippen LogP contribution is 2.29. The largest absolute Gasteiger partial charge is 0.495 e. The smallest absolute Gasteiger partial charge is 0.246 e. The lowest BCUT2D eigenvalue weighted by atomic mass is 10.2. The van der Waals surface area contributed by atoms with Crippen molar-refractivity contribution >= 4 is 15.8 Å². The number of hydrogen-bond acceptors (Lipinski definition) is 7. The van der Waals surface area contributed by atoms with Crippen LogP contribution in [0.3, 0.4) is 0 Å². The maximum absolute atomic E-state index is 13.2. The van der Waals surface area contributed by atoms with Gasteiger partial charge in [0.2, 0.25) is 10.0 Å². The van der Waals surface area contributed by atoms with E-state index in [0.717, 1.165) is 22.6 Å². The van der Waals surface area contributed by atoms with Crippen molar-refractivity contribution in [1.29, 1.82) is 0 Å². The van der Waals surface area contributed by atoms with Crippen LogP contribution in [0.15, 0.2) is 59.8 Å². The standard InChI is InChI=1S/C21H23N5O3S/c1-16-5-7-19(29-2)20(14-16)30(27,28)26-12-10-25(11-13-26)21-8-6-18(23-24-21)17-4-3-9-22-15-17/h3-9,14-15H,10-13H2,1-2H3. The predicted molar refractivity (Wildman–Crippen MR) is 114 cm³/mol. The number of aryl methyl sites for hydroxylation is 1. The number of pyridine rings is 1. The summed E-state index contributed by atoms with van der Waals surface area (Å²) in [6.07, 6.45) is 3.46. The van der Waals surface area contributed by atoms with Gasteiger partial charge in [-0.3, -0.25) is 4.98 Å². The Morgan fingerprint density at radius 1 is 1.00 bits per heavy atom. The van der Waals surface area contributed by atoms with E-state index in [9.17, 15) is 8.42 Å². The van der Waals surface area contributed by atoms with E-state index >= 15 is 0 Å². The average molecular weight is 426 g/mol. The third-order valence-corrected chi connectivity index (χ3v) is 7.03. The number of anilines is 1. The number of aromatic nitrogens is 3. The highest BCUT2D eigenvalue weighted by atomic mass is 32.2. The van der Waals surface area contributed by atoms with Crippen LogP contribution in [0.1, 0.15) is 5.56 Å². The summed E-state index contributed by atoms with van der Waals surface area (Å²) in [4.78, 5) is 6.35. The first-order valence-electron chi connectivity index (χ1n) is 9.63. The molecule has 0 atom stereocenters. The Labute approximate surface area is 176 Å². The Morgan fingerprint density at radius 2 is 1.80 bits per heavy atom. The minimum atomic E-state index is -3.64. The van der Waals surface area contributed by atoms with Crippen molar-refractivity contribution in [3.8, 4) is 17.0 Å². The molecule has 1 saturated heterocycles. The van der Waals surface area contributed by atoms with Gasteiger partial charge in [0, 0.05) is 44.1 Å². The fourth-order valence-electron chi connectivity index (χ4n) is 3.44. The van der Waals surface area contributed by atoms with E-state index in [1.807, 2.05) is 42.2 Å². The molecule has 0 unspecified atom stereocenters. The molecule has 2 aromatic heterocycles. The maximum atomic E-state index is 13.2. The third kappa shape index (κ3) is 3.99. The van der Waals surface area contributed by atoms with Crippen LogP contribution in [0.5, 0.6) is 5.75 Å². The van der Waals surface area contributed by atoms with Gasteiger partial charge in [-0.1, -0.05) is 6.07 Å². The lowest BCUT2D eigenvalue weighted by Gasteiger charge is -2.34. The van der Waals surface area contributed by atoms with Crippen LogP contribution in [0.4, 0.5) is 5.82 Å². The van der Waals surface area contributed by atoms with Crippen molar-refractivity contribution in [3.63, 3.8) is 0 Å². The number of nitrogens with zero attached hydrogens (tertiary/aromatic N) is 5. The number of benzene rings is 1. The van der Waals surface area contributed by atoms with Gasteiger partial charge in [-0.05, 0) is 48.9 Å². The molecule has 0 N–H and O–H groups in total. The molecule has 3 aromatic rings. The Hall–Kier alpha value is -3.04. The molecule has 1 aliphatic rings. The molecule has 9 heteroatoms. The zero-order chi connectivity index (χ0) is 21.1. The summed E-state index contributed by atoms with van der Waals surface area (Å²) >= 11 is 0. The molecule has 0 spiro atoms. The molecule has 0 bridgehead atoms. The van der Waals surface area contributed by atoms with Gasteiger partial charge in [-0.2, -0.15) is 4.31 Å². The summed E-state index contributed by atoms with van der Waals surface area (Å²) in [6, 6.07) is 12.8. The summed E-state index contributed by atoms with van der Waals surface area (Å²) < 4.78 is 33.1. The average Bonchev–Trinajstić information content (AvgIpc) is 2.80. The van der Waals surface area contributed by atoms with E-state index in [-0.39, 0.29) is 4.90 Å². The monoisotopic (exact) mass is 425 g/mol. The summed E-state index contributed by atoms with van der Waals surface area (Å²) in [5.74, 6) is 1.09. The van der Waals surface area contributed by atoms with Crippen LogP contribution in [0.25, 0.3) is 11.3 Å². The molecule has 0 amide bonds. The fourth-order valence-corrected chi connectivity index (χ4v) is 5.11. The molecule has 156 valence electrons. The predicted octanol–water partition coefficient (Wildman–Crippen LogP) is 2.37. The Kier molecular flexibility index (Phi) is 5.65. The molecule has 1 aromatic carbocycles. The van der Waals surface area contributed by atoms with Crippen LogP contribution in [-0.4, -0.2) is 61.2 Å². The first kappa shape index (κ1) is 20.2. The lowest BCUT2D eigenvalue weighted by molar-refractivity contribution is 0.373.